The summed E-state index contributed by atoms with van der Waals surface area (Å²) in [6.07, 6.45) is 2.31. The lowest BCUT2D eigenvalue weighted by atomic mass is 9.82. The Bertz CT molecular complexity index is 427. The highest BCUT2D eigenvalue weighted by atomic mass is 16.5. The molecule has 1 aliphatic rings. The molecule has 2 rings (SSSR count). The molecule has 0 aromatic heterocycles. The number of amides is 1. The number of anilines is 1. The van der Waals surface area contributed by atoms with Crippen molar-refractivity contribution in [3.8, 4) is 5.75 Å². The molecule has 0 bridgehead atoms. The molecule has 0 unspecified atom stereocenters. The van der Waals surface area contributed by atoms with E-state index >= 15 is 0 Å². The maximum Gasteiger partial charge on any atom is 0.250 e. The smallest absolute Gasteiger partial charge is 0.250 e. The van der Waals surface area contributed by atoms with Crippen LogP contribution in [0.3, 0.4) is 0 Å². The van der Waals surface area contributed by atoms with E-state index in [2.05, 4.69) is 10.6 Å². The quantitative estimate of drug-likeness (QED) is 0.796. The Morgan fingerprint density at radius 3 is 2.60 bits per heavy atom. The molecule has 0 spiro atoms. The molecular formula is C15H22N2O3. The summed E-state index contributed by atoms with van der Waals surface area (Å²) in [5.41, 5.74) is 0.751. The van der Waals surface area contributed by atoms with Gasteiger partial charge in [-0.05, 0) is 56.6 Å². The Balaban J connectivity index is 1.65. The molecule has 0 heterocycles. The molecule has 20 heavy (non-hydrogen) atoms. The number of nitrogens with one attached hydrogen (secondary N) is 2. The van der Waals surface area contributed by atoms with Crippen molar-refractivity contribution < 1.29 is 14.3 Å². The van der Waals surface area contributed by atoms with Crippen LogP contribution in [-0.2, 0) is 9.53 Å². The standard InChI is InChI=1S/C15H22N2O3/c1-16-9-11-7-14(8-11)20-10-15(18)17-12-3-5-13(19-2)6-4-12/h3-6,11,14,16H,7-10H2,1-2H3,(H,17,18). The van der Waals surface area contributed by atoms with Crippen molar-refractivity contribution in [2.75, 3.05) is 32.6 Å². The van der Waals surface area contributed by atoms with Crippen molar-refractivity contribution in [3.05, 3.63) is 24.3 Å². The largest absolute Gasteiger partial charge is 0.497 e. The lowest BCUT2D eigenvalue weighted by Crippen LogP contribution is -2.38. The molecule has 0 saturated heterocycles. The number of benzene rings is 1. The number of hydrogen-bond acceptors (Lipinski definition) is 4. The van der Waals surface area contributed by atoms with Crippen molar-refractivity contribution in [2.24, 2.45) is 5.92 Å². The first kappa shape index (κ1) is 14.8. The first-order chi connectivity index (χ1) is 9.71. The van der Waals surface area contributed by atoms with Crippen LogP contribution in [0.25, 0.3) is 0 Å². The number of carbonyl (C=O) groups is 1. The molecule has 1 saturated carbocycles. The SMILES string of the molecule is CNCC1CC(OCC(=O)Nc2ccc(OC)cc2)C1. The van der Waals surface area contributed by atoms with Crippen molar-refractivity contribution in [1.29, 1.82) is 0 Å². The molecule has 110 valence electrons. The maximum absolute atomic E-state index is 11.7. The average molecular weight is 278 g/mol. The van der Waals surface area contributed by atoms with E-state index in [0.29, 0.717) is 5.92 Å². The van der Waals surface area contributed by atoms with Crippen molar-refractivity contribution >= 4 is 11.6 Å². The minimum absolute atomic E-state index is 0.114. The van der Waals surface area contributed by atoms with E-state index in [1.807, 2.05) is 31.3 Å². The lowest BCUT2D eigenvalue weighted by Gasteiger charge is -2.34. The molecule has 1 amide bonds. The summed E-state index contributed by atoms with van der Waals surface area (Å²) >= 11 is 0. The van der Waals surface area contributed by atoms with Crippen molar-refractivity contribution in [1.82, 2.24) is 5.32 Å². The fourth-order valence-corrected chi connectivity index (χ4v) is 2.33. The summed E-state index contributed by atoms with van der Waals surface area (Å²) in [6.45, 7) is 1.14. The van der Waals surface area contributed by atoms with Gasteiger partial charge in [-0.1, -0.05) is 0 Å². The van der Waals surface area contributed by atoms with Crippen LogP contribution in [0.1, 0.15) is 12.8 Å². The van der Waals surface area contributed by atoms with Crippen molar-refractivity contribution in [3.63, 3.8) is 0 Å². The third-order valence-corrected chi connectivity index (χ3v) is 3.51. The van der Waals surface area contributed by atoms with E-state index in [-0.39, 0.29) is 18.6 Å². The third-order valence-electron chi connectivity index (χ3n) is 3.51. The predicted molar refractivity (Wildman–Crippen MR) is 78.0 cm³/mol. The Morgan fingerprint density at radius 1 is 1.30 bits per heavy atom. The molecule has 5 heteroatoms. The molecule has 1 aromatic carbocycles. The van der Waals surface area contributed by atoms with E-state index in [1.54, 1.807) is 7.11 Å². The zero-order valence-corrected chi connectivity index (χ0v) is 12.0. The Kier molecular flexibility index (Phi) is 5.38. The third kappa shape index (κ3) is 4.21. The van der Waals surface area contributed by atoms with Crippen LogP contribution >= 0.6 is 0 Å². The van der Waals surface area contributed by atoms with E-state index in [0.717, 1.165) is 30.8 Å². The van der Waals surface area contributed by atoms with Gasteiger partial charge in [-0.15, -0.1) is 0 Å². The van der Waals surface area contributed by atoms with E-state index in [4.69, 9.17) is 9.47 Å². The average Bonchev–Trinajstić information content (AvgIpc) is 2.42. The summed E-state index contributed by atoms with van der Waals surface area (Å²) in [5.74, 6) is 1.34. The van der Waals surface area contributed by atoms with Crippen LogP contribution in [0.4, 0.5) is 5.69 Å². The van der Waals surface area contributed by atoms with Gasteiger partial charge in [0.15, 0.2) is 0 Å². The molecule has 2 N–H and O–H groups in total. The Morgan fingerprint density at radius 2 is 2.00 bits per heavy atom. The minimum Gasteiger partial charge on any atom is -0.497 e. The summed E-state index contributed by atoms with van der Waals surface area (Å²) in [6, 6.07) is 7.24. The van der Waals surface area contributed by atoms with Gasteiger partial charge in [-0.25, -0.2) is 0 Å². The molecule has 0 atom stereocenters. The second-order valence-corrected chi connectivity index (χ2v) is 5.10. The molecule has 5 nitrogen and oxygen atoms in total. The van der Waals surface area contributed by atoms with Gasteiger partial charge in [-0.3, -0.25) is 4.79 Å². The van der Waals surface area contributed by atoms with Gasteiger partial charge in [-0.2, -0.15) is 0 Å². The van der Waals surface area contributed by atoms with E-state index < -0.39 is 0 Å². The molecular weight excluding hydrogens is 256 g/mol. The zero-order chi connectivity index (χ0) is 14.4. The second kappa shape index (κ2) is 7.26. The van der Waals surface area contributed by atoms with E-state index in [1.165, 1.54) is 0 Å². The minimum atomic E-state index is -0.118. The van der Waals surface area contributed by atoms with Crippen molar-refractivity contribution in [2.45, 2.75) is 18.9 Å². The number of hydrogen-bond donors (Lipinski definition) is 2. The maximum atomic E-state index is 11.7. The first-order valence-electron chi connectivity index (χ1n) is 6.91. The normalized spacial score (nSPS) is 21.1. The molecule has 0 radical (unpaired) electrons. The summed E-state index contributed by atoms with van der Waals surface area (Å²) < 4.78 is 10.6. The number of rotatable bonds is 7. The van der Waals surface area contributed by atoms with Crippen LogP contribution in [-0.4, -0.2) is 39.3 Å². The van der Waals surface area contributed by atoms with Gasteiger partial charge >= 0.3 is 0 Å². The number of methoxy groups -OCH3 is 1. The zero-order valence-electron chi connectivity index (χ0n) is 12.0. The van der Waals surface area contributed by atoms with Gasteiger partial charge < -0.3 is 20.1 Å². The van der Waals surface area contributed by atoms with Crippen LogP contribution in [0.15, 0.2) is 24.3 Å². The Labute approximate surface area is 119 Å². The number of ether oxygens (including phenoxy) is 2. The molecule has 1 fully saturated rings. The first-order valence-corrected chi connectivity index (χ1v) is 6.91. The molecule has 0 aliphatic heterocycles. The van der Waals surface area contributed by atoms with Crippen LogP contribution < -0.4 is 15.4 Å². The van der Waals surface area contributed by atoms with Gasteiger partial charge in [0.1, 0.15) is 12.4 Å². The van der Waals surface area contributed by atoms with Crippen LogP contribution in [0.2, 0.25) is 0 Å². The second-order valence-electron chi connectivity index (χ2n) is 5.10. The summed E-state index contributed by atoms with van der Waals surface area (Å²) in [4.78, 5) is 11.7. The predicted octanol–water partition coefficient (Wildman–Crippen LogP) is 1.65. The van der Waals surface area contributed by atoms with Gasteiger partial charge in [0.25, 0.3) is 0 Å². The van der Waals surface area contributed by atoms with Gasteiger partial charge in [0, 0.05) is 5.69 Å². The monoisotopic (exact) mass is 278 g/mol. The van der Waals surface area contributed by atoms with Gasteiger partial charge in [0.05, 0.1) is 13.2 Å². The van der Waals surface area contributed by atoms with Crippen LogP contribution in [0, 0.1) is 5.92 Å². The van der Waals surface area contributed by atoms with Crippen LogP contribution in [0.5, 0.6) is 5.75 Å². The summed E-state index contributed by atoms with van der Waals surface area (Å²) in [5, 5.41) is 5.95. The lowest BCUT2D eigenvalue weighted by molar-refractivity contribution is -0.125. The highest BCUT2D eigenvalue weighted by Crippen LogP contribution is 2.29. The fraction of sp³-hybridized carbons (Fsp3) is 0.533. The molecule has 1 aliphatic carbocycles. The highest BCUT2D eigenvalue weighted by molar-refractivity contribution is 5.91. The topological polar surface area (TPSA) is 59.6 Å². The molecule has 1 aromatic rings. The number of carbonyl (C=O) groups excluding carboxylic acids is 1. The summed E-state index contributed by atoms with van der Waals surface area (Å²) in [7, 11) is 3.57. The Hall–Kier alpha value is -1.59. The fourth-order valence-electron chi connectivity index (χ4n) is 2.33. The highest BCUT2D eigenvalue weighted by Gasteiger charge is 2.29. The van der Waals surface area contributed by atoms with Gasteiger partial charge in [0.2, 0.25) is 5.91 Å². The van der Waals surface area contributed by atoms with E-state index in [9.17, 15) is 4.79 Å².